The average molecular weight is 320 g/mol. The minimum atomic E-state index is -0.291. The van der Waals surface area contributed by atoms with E-state index >= 15 is 0 Å². The van der Waals surface area contributed by atoms with Crippen LogP contribution in [0.2, 0.25) is 0 Å². The Bertz CT molecular complexity index is 906. The van der Waals surface area contributed by atoms with Gasteiger partial charge >= 0.3 is 0 Å². The van der Waals surface area contributed by atoms with Crippen molar-refractivity contribution in [1.29, 1.82) is 0 Å². The standard InChI is InChI=1S/C15H13FN2OS2/c1-2-7-18-14(19)12-11(8-21-13(12)17-15(18)20)9-3-5-10(16)6-4-9/h3-6,8H,2,7H2,1H3,(H,17,20). The van der Waals surface area contributed by atoms with E-state index < -0.39 is 0 Å². The van der Waals surface area contributed by atoms with Crippen molar-refractivity contribution >= 4 is 33.8 Å². The van der Waals surface area contributed by atoms with Crippen molar-refractivity contribution in [3.05, 3.63) is 50.6 Å². The van der Waals surface area contributed by atoms with Gasteiger partial charge in [-0.15, -0.1) is 11.3 Å². The van der Waals surface area contributed by atoms with E-state index in [2.05, 4.69) is 4.98 Å². The number of aromatic nitrogens is 2. The number of nitrogens with zero attached hydrogens (tertiary/aromatic N) is 1. The Kier molecular flexibility index (Phi) is 3.73. The van der Waals surface area contributed by atoms with Gasteiger partial charge in [0.1, 0.15) is 10.6 Å². The average Bonchev–Trinajstić information content (AvgIpc) is 2.88. The highest BCUT2D eigenvalue weighted by atomic mass is 32.1. The molecular weight excluding hydrogens is 307 g/mol. The molecule has 0 aliphatic rings. The molecule has 0 bridgehead atoms. The summed E-state index contributed by atoms with van der Waals surface area (Å²) < 4.78 is 15.1. The summed E-state index contributed by atoms with van der Waals surface area (Å²) >= 11 is 6.68. The maximum absolute atomic E-state index is 13.1. The Balaban J connectivity index is 2.30. The van der Waals surface area contributed by atoms with Crippen molar-refractivity contribution in [2.75, 3.05) is 0 Å². The Morgan fingerprint density at radius 2 is 2.05 bits per heavy atom. The highest BCUT2D eigenvalue weighted by molar-refractivity contribution is 7.71. The first kappa shape index (κ1) is 14.2. The van der Waals surface area contributed by atoms with E-state index in [9.17, 15) is 9.18 Å². The molecule has 0 saturated carbocycles. The topological polar surface area (TPSA) is 37.8 Å². The smallest absolute Gasteiger partial charge is 0.263 e. The zero-order valence-electron chi connectivity index (χ0n) is 11.4. The van der Waals surface area contributed by atoms with Crippen LogP contribution < -0.4 is 5.56 Å². The molecule has 108 valence electrons. The van der Waals surface area contributed by atoms with Crippen LogP contribution in [-0.4, -0.2) is 9.55 Å². The lowest BCUT2D eigenvalue weighted by molar-refractivity contribution is 0.628. The fourth-order valence-corrected chi connectivity index (χ4v) is 3.62. The van der Waals surface area contributed by atoms with Crippen LogP contribution in [0.3, 0.4) is 0 Å². The second-order valence-electron chi connectivity index (χ2n) is 4.75. The van der Waals surface area contributed by atoms with Gasteiger partial charge in [-0.05, 0) is 36.3 Å². The Labute approximate surface area is 129 Å². The summed E-state index contributed by atoms with van der Waals surface area (Å²) in [5.74, 6) is -0.291. The first-order valence-electron chi connectivity index (χ1n) is 6.62. The lowest BCUT2D eigenvalue weighted by Gasteiger charge is -2.05. The van der Waals surface area contributed by atoms with Gasteiger partial charge in [0.05, 0.1) is 5.39 Å². The molecule has 6 heteroatoms. The normalized spacial score (nSPS) is 11.1. The van der Waals surface area contributed by atoms with Crippen LogP contribution in [0.5, 0.6) is 0 Å². The van der Waals surface area contributed by atoms with Gasteiger partial charge in [0.15, 0.2) is 4.77 Å². The van der Waals surface area contributed by atoms with Crippen LogP contribution in [-0.2, 0) is 6.54 Å². The second kappa shape index (κ2) is 5.54. The van der Waals surface area contributed by atoms with Crippen molar-refractivity contribution in [3.8, 4) is 11.1 Å². The van der Waals surface area contributed by atoms with Crippen LogP contribution >= 0.6 is 23.6 Å². The predicted octanol–water partition coefficient (Wildman–Crippen LogP) is 4.34. The summed E-state index contributed by atoms with van der Waals surface area (Å²) in [5, 5.41) is 2.52. The van der Waals surface area contributed by atoms with Crippen LogP contribution in [0, 0.1) is 10.6 Å². The van der Waals surface area contributed by atoms with Gasteiger partial charge in [0.25, 0.3) is 5.56 Å². The number of hydrogen-bond acceptors (Lipinski definition) is 3. The number of rotatable bonds is 3. The number of fused-ring (bicyclic) bond motifs is 1. The summed E-state index contributed by atoms with van der Waals surface area (Å²) in [7, 11) is 0. The third kappa shape index (κ3) is 2.45. The van der Waals surface area contributed by atoms with E-state index in [1.165, 1.54) is 23.5 Å². The fourth-order valence-electron chi connectivity index (χ4n) is 2.32. The van der Waals surface area contributed by atoms with E-state index in [0.29, 0.717) is 16.7 Å². The fraction of sp³-hybridized carbons (Fsp3) is 0.200. The van der Waals surface area contributed by atoms with Crippen LogP contribution in [0.25, 0.3) is 21.3 Å². The molecular formula is C15H13FN2OS2. The number of benzene rings is 1. The molecule has 0 saturated heterocycles. The van der Waals surface area contributed by atoms with Crippen molar-refractivity contribution in [3.63, 3.8) is 0 Å². The van der Waals surface area contributed by atoms with Crippen molar-refractivity contribution < 1.29 is 4.39 Å². The molecule has 1 aromatic carbocycles. The highest BCUT2D eigenvalue weighted by Crippen LogP contribution is 2.30. The molecule has 1 N–H and O–H groups in total. The summed E-state index contributed by atoms with van der Waals surface area (Å²) in [6.07, 6.45) is 0.832. The first-order valence-corrected chi connectivity index (χ1v) is 7.91. The number of H-pyrrole nitrogens is 1. The van der Waals surface area contributed by atoms with Crippen LogP contribution in [0.15, 0.2) is 34.4 Å². The van der Waals surface area contributed by atoms with Crippen LogP contribution in [0.1, 0.15) is 13.3 Å². The Morgan fingerprint density at radius 3 is 2.71 bits per heavy atom. The summed E-state index contributed by atoms with van der Waals surface area (Å²) in [5.41, 5.74) is 1.56. The predicted molar refractivity (Wildman–Crippen MR) is 87.0 cm³/mol. The maximum Gasteiger partial charge on any atom is 0.263 e. The number of nitrogens with one attached hydrogen (secondary N) is 1. The maximum atomic E-state index is 13.1. The molecule has 3 rings (SSSR count). The summed E-state index contributed by atoms with van der Waals surface area (Å²) in [6, 6.07) is 6.16. The zero-order chi connectivity index (χ0) is 15.0. The molecule has 0 amide bonds. The molecule has 0 aliphatic heterocycles. The molecule has 0 radical (unpaired) electrons. The molecule has 0 aliphatic carbocycles. The van der Waals surface area contributed by atoms with Gasteiger partial charge in [0, 0.05) is 17.5 Å². The first-order chi connectivity index (χ1) is 10.1. The molecule has 0 fully saturated rings. The van der Waals surface area contributed by atoms with Crippen molar-refractivity contribution in [1.82, 2.24) is 9.55 Å². The molecule has 0 unspecified atom stereocenters. The van der Waals surface area contributed by atoms with Crippen molar-refractivity contribution in [2.45, 2.75) is 19.9 Å². The monoisotopic (exact) mass is 320 g/mol. The molecule has 0 spiro atoms. The Morgan fingerprint density at radius 1 is 1.33 bits per heavy atom. The lowest BCUT2D eigenvalue weighted by Crippen LogP contribution is -2.21. The molecule has 3 aromatic rings. The van der Waals surface area contributed by atoms with Gasteiger partial charge in [0.2, 0.25) is 0 Å². The number of aromatic amines is 1. The van der Waals surface area contributed by atoms with E-state index in [1.807, 2.05) is 12.3 Å². The van der Waals surface area contributed by atoms with E-state index in [1.54, 1.807) is 16.7 Å². The molecule has 2 heterocycles. The largest absolute Gasteiger partial charge is 0.323 e. The molecule has 3 nitrogen and oxygen atoms in total. The number of halogens is 1. The highest BCUT2D eigenvalue weighted by Gasteiger charge is 2.13. The van der Waals surface area contributed by atoms with Gasteiger partial charge in [-0.1, -0.05) is 19.1 Å². The minimum Gasteiger partial charge on any atom is -0.323 e. The Hall–Kier alpha value is -1.79. The minimum absolute atomic E-state index is 0.0869. The summed E-state index contributed by atoms with van der Waals surface area (Å²) in [4.78, 5) is 16.5. The van der Waals surface area contributed by atoms with Crippen molar-refractivity contribution in [2.24, 2.45) is 0 Å². The van der Waals surface area contributed by atoms with Crippen LogP contribution in [0.4, 0.5) is 4.39 Å². The van der Waals surface area contributed by atoms with E-state index in [4.69, 9.17) is 12.2 Å². The number of hydrogen-bond donors (Lipinski definition) is 1. The van der Waals surface area contributed by atoms with Gasteiger partial charge in [-0.25, -0.2) is 4.39 Å². The van der Waals surface area contributed by atoms with E-state index in [0.717, 1.165) is 22.4 Å². The number of thiophene rings is 1. The van der Waals surface area contributed by atoms with Gasteiger partial charge in [-0.2, -0.15) is 0 Å². The third-order valence-corrected chi connectivity index (χ3v) is 4.54. The second-order valence-corrected chi connectivity index (χ2v) is 6.01. The van der Waals surface area contributed by atoms with Gasteiger partial charge < -0.3 is 4.98 Å². The quantitative estimate of drug-likeness (QED) is 0.729. The van der Waals surface area contributed by atoms with E-state index in [-0.39, 0.29) is 11.4 Å². The SMILES string of the molecule is CCCn1c(=S)[nH]c2scc(-c3ccc(F)cc3)c2c1=O. The summed E-state index contributed by atoms with van der Waals surface area (Å²) in [6.45, 7) is 2.59. The van der Waals surface area contributed by atoms with Gasteiger partial charge in [-0.3, -0.25) is 9.36 Å². The third-order valence-electron chi connectivity index (χ3n) is 3.32. The molecule has 2 aromatic heterocycles. The lowest BCUT2D eigenvalue weighted by atomic mass is 10.1. The zero-order valence-corrected chi connectivity index (χ0v) is 13.0. The molecule has 0 atom stereocenters. The molecule has 21 heavy (non-hydrogen) atoms.